The second-order valence-electron chi connectivity index (χ2n) is 6.72. The van der Waals surface area contributed by atoms with E-state index in [1.807, 2.05) is 69.3 Å². The number of carbonyl (C=O) groups is 1. The zero-order valence-corrected chi connectivity index (χ0v) is 15.1. The van der Waals surface area contributed by atoms with Gasteiger partial charge in [0.05, 0.1) is 0 Å². The molecule has 0 fully saturated rings. The monoisotopic (exact) mass is 353 g/mol. The zero-order chi connectivity index (χ0) is 18.0. The first-order chi connectivity index (χ1) is 11.8. The summed E-state index contributed by atoms with van der Waals surface area (Å²) in [5.41, 5.74) is 2.73. The van der Waals surface area contributed by atoms with Gasteiger partial charge in [-0.2, -0.15) is 0 Å². The molecule has 0 atom stereocenters. The second-order valence-corrected chi connectivity index (χ2v) is 7.13. The lowest BCUT2D eigenvalue weighted by Crippen LogP contribution is -2.41. The van der Waals surface area contributed by atoms with Crippen molar-refractivity contribution in [2.24, 2.45) is 5.41 Å². The molecule has 6 heteroatoms. The Kier molecular flexibility index (Phi) is 4.55. The van der Waals surface area contributed by atoms with Crippen LogP contribution in [0, 0.1) is 5.41 Å². The number of carbonyl (C=O) groups excluding carboxylic acids is 1. The largest absolute Gasteiger partial charge is 0.436 e. The Balaban J connectivity index is 1.70. The van der Waals surface area contributed by atoms with Crippen molar-refractivity contribution in [1.82, 2.24) is 10.3 Å². The van der Waals surface area contributed by atoms with E-state index in [0.29, 0.717) is 5.89 Å². The van der Waals surface area contributed by atoms with Gasteiger partial charge in [-0.15, -0.1) is 0 Å². The third-order valence-corrected chi connectivity index (χ3v) is 3.80. The number of nitrogens with one attached hydrogen (secondary N) is 2. The van der Waals surface area contributed by atoms with Gasteiger partial charge in [0.15, 0.2) is 10.7 Å². The Morgan fingerprint density at radius 1 is 1.08 bits per heavy atom. The topological polar surface area (TPSA) is 67.2 Å². The summed E-state index contributed by atoms with van der Waals surface area (Å²) in [5, 5.41) is 5.95. The Bertz CT molecular complexity index is 891. The minimum atomic E-state index is -0.497. The lowest BCUT2D eigenvalue weighted by molar-refractivity contribution is -0.126. The maximum absolute atomic E-state index is 11.9. The summed E-state index contributed by atoms with van der Waals surface area (Å²) in [5.74, 6) is 0.435. The average molecular weight is 353 g/mol. The zero-order valence-electron chi connectivity index (χ0n) is 14.3. The Morgan fingerprint density at radius 2 is 1.76 bits per heavy atom. The molecule has 3 rings (SSSR count). The number of benzene rings is 2. The standard InChI is InChI=1S/C19H19N3O2S/c1-19(2,3)17(23)22-18(25)20-13-10-8-12(9-11-13)16-21-14-6-4-5-7-15(14)24-16/h4-11H,1-3H3,(H2,20,22,23,25). The molecule has 0 saturated carbocycles. The fourth-order valence-electron chi connectivity index (χ4n) is 2.14. The highest BCUT2D eigenvalue weighted by molar-refractivity contribution is 7.80. The molecule has 0 saturated heterocycles. The van der Waals surface area contributed by atoms with Gasteiger partial charge in [0.1, 0.15) is 5.52 Å². The van der Waals surface area contributed by atoms with Gasteiger partial charge in [-0.25, -0.2) is 4.98 Å². The van der Waals surface area contributed by atoms with Crippen LogP contribution in [-0.2, 0) is 4.79 Å². The van der Waals surface area contributed by atoms with Crippen molar-refractivity contribution in [2.45, 2.75) is 20.8 Å². The number of nitrogens with zero attached hydrogens (tertiary/aromatic N) is 1. The van der Waals surface area contributed by atoms with Crippen LogP contribution in [0.15, 0.2) is 52.9 Å². The normalized spacial score (nSPS) is 11.3. The summed E-state index contributed by atoms with van der Waals surface area (Å²) >= 11 is 5.18. The van der Waals surface area contributed by atoms with Crippen molar-refractivity contribution in [1.29, 1.82) is 0 Å². The maximum Gasteiger partial charge on any atom is 0.231 e. The van der Waals surface area contributed by atoms with Crippen molar-refractivity contribution in [3.8, 4) is 11.5 Å². The minimum absolute atomic E-state index is 0.131. The van der Waals surface area contributed by atoms with E-state index in [9.17, 15) is 4.79 Å². The number of fused-ring (bicyclic) bond motifs is 1. The lowest BCUT2D eigenvalue weighted by Gasteiger charge is -2.18. The van der Waals surface area contributed by atoms with E-state index in [4.69, 9.17) is 16.6 Å². The van der Waals surface area contributed by atoms with E-state index in [1.54, 1.807) is 0 Å². The van der Waals surface area contributed by atoms with Crippen molar-refractivity contribution in [2.75, 3.05) is 5.32 Å². The molecule has 1 heterocycles. The first-order valence-corrected chi connectivity index (χ1v) is 8.32. The number of amides is 1. The molecule has 3 aromatic rings. The SMILES string of the molecule is CC(C)(C)C(=O)NC(=S)Nc1ccc(-c2nc3ccccc3o2)cc1. The van der Waals surface area contributed by atoms with E-state index in [0.717, 1.165) is 22.4 Å². The van der Waals surface area contributed by atoms with E-state index >= 15 is 0 Å². The van der Waals surface area contributed by atoms with Gasteiger partial charge in [0, 0.05) is 16.7 Å². The number of anilines is 1. The van der Waals surface area contributed by atoms with E-state index in [2.05, 4.69) is 15.6 Å². The highest BCUT2D eigenvalue weighted by atomic mass is 32.1. The number of hydrogen-bond acceptors (Lipinski definition) is 4. The van der Waals surface area contributed by atoms with Crippen molar-refractivity contribution < 1.29 is 9.21 Å². The summed E-state index contributed by atoms with van der Waals surface area (Å²) < 4.78 is 5.75. The van der Waals surface area contributed by atoms with Gasteiger partial charge in [-0.3, -0.25) is 4.79 Å². The van der Waals surface area contributed by atoms with Crippen molar-refractivity contribution in [3.05, 3.63) is 48.5 Å². The first kappa shape index (κ1) is 17.1. The van der Waals surface area contributed by atoms with Crippen LogP contribution in [-0.4, -0.2) is 16.0 Å². The lowest BCUT2D eigenvalue weighted by atomic mass is 9.96. The van der Waals surface area contributed by atoms with E-state index in [1.165, 1.54) is 0 Å². The molecule has 1 aromatic heterocycles. The maximum atomic E-state index is 11.9. The highest BCUT2D eigenvalue weighted by Gasteiger charge is 2.21. The number of thiocarbonyl (C=S) groups is 1. The fourth-order valence-corrected chi connectivity index (χ4v) is 2.36. The van der Waals surface area contributed by atoms with Crippen molar-refractivity contribution >= 4 is 40.0 Å². The summed E-state index contributed by atoms with van der Waals surface area (Å²) in [7, 11) is 0. The molecule has 2 N–H and O–H groups in total. The van der Waals surface area contributed by atoms with Crippen LogP contribution in [0.25, 0.3) is 22.6 Å². The molecule has 128 valence electrons. The molecule has 5 nitrogen and oxygen atoms in total. The first-order valence-electron chi connectivity index (χ1n) is 7.91. The van der Waals surface area contributed by atoms with Crippen LogP contribution in [0.1, 0.15) is 20.8 Å². The number of para-hydroxylation sites is 2. The quantitative estimate of drug-likeness (QED) is 0.670. The molecule has 0 bridgehead atoms. The molecule has 0 aliphatic heterocycles. The summed E-state index contributed by atoms with van der Waals surface area (Å²) in [6, 6.07) is 15.1. The Morgan fingerprint density at radius 3 is 2.40 bits per heavy atom. The van der Waals surface area contributed by atoms with Gasteiger partial charge in [0.2, 0.25) is 11.8 Å². The smallest absolute Gasteiger partial charge is 0.231 e. The van der Waals surface area contributed by atoms with Gasteiger partial charge >= 0.3 is 0 Å². The van der Waals surface area contributed by atoms with Crippen LogP contribution in [0.2, 0.25) is 0 Å². The molecular weight excluding hydrogens is 334 g/mol. The van der Waals surface area contributed by atoms with E-state index < -0.39 is 5.41 Å². The van der Waals surface area contributed by atoms with Gasteiger partial charge in [0.25, 0.3) is 0 Å². The van der Waals surface area contributed by atoms with Crippen LogP contribution in [0.4, 0.5) is 5.69 Å². The molecule has 25 heavy (non-hydrogen) atoms. The third kappa shape index (κ3) is 4.03. The predicted octanol–water partition coefficient (Wildman–Crippen LogP) is 4.35. The fraction of sp³-hybridized carbons (Fsp3) is 0.211. The number of oxazole rings is 1. The Labute approximate surface area is 151 Å². The number of aromatic nitrogens is 1. The minimum Gasteiger partial charge on any atom is -0.436 e. The molecule has 2 aromatic carbocycles. The highest BCUT2D eigenvalue weighted by Crippen LogP contribution is 2.25. The molecule has 0 unspecified atom stereocenters. The van der Waals surface area contributed by atoms with Crippen LogP contribution < -0.4 is 10.6 Å². The van der Waals surface area contributed by atoms with Gasteiger partial charge in [-0.1, -0.05) is 32.9 Å². The second kappa shape index (κ2) is 6.64. The third-order valence-electron chi connectivity index (χ3n) is 3.59. The molecule has 0 radical (unpaired) electrons. The molecule has 0 aliphatic carbocycles. The summed E-state index contributed by atoms with van der Waals surface area (Å²) in [6.45, 7) is 5.50. The number of rotatable bonds is 2. The number of hydrogen-bond donors (Lipinski definition) is 2. The van der Waals surface area contributed by atoms with Crippen LogP contribution in [0.5, 0.6) is 0 Å². The van der Waals surface area contributed by atoms with Crippen molar-refractivity contribution in [3.63, 3.8) is 0 Å². The van der Waals surface area contributed by atoms with Gasteiger partial charge in [-0.05, 0) is 48.6 Å². The molecular formula is C19H19N3O2S. The Hall–Kier alpha value is -2.73. The summed E-state index contributed by atoms with van der Waals surface area (Å²) in [4.78, 5) is 16.4. The van der Waals surface area contributed by atoms with Gasteiger partial charge < -0.3 is 15.1 Å². The van der Waals surface area contributed by atoms with Crippen LogP contribution >= 0.6 is 12.2 Å². The summed E-state index contributed by atoms with van der Waals surface area (Å²) in [6.07, 6.45) is 0. The predicted molar refractivity (Wildman–Crippen MR) is 103 cm³/mol. The molecule has 1 amide bonds. The molecule has 0 aliphatic rings. The average Bonchev–Trinajstić information content (AvgIpc) is 2.98. The molecule has 0 spiro atoms. The van der Waals surface area contributed by atoms with Crippen LogP contribution in [0.3, 0.4) is 0 Å². The van der Waals surface area contributed by atoms with E-state index in [-0.39, 0.29) is 11.0 Å².